The van der Waals surface area contributed by atoms with Crippen molar-refractivity contribution in [1.82, 2.24) is 29.6 Å². The number of hydrogen-bond acceptors (Lipinski definition) is 6. The summed E-state index contributed by atoms with van der Waals surface area (Å²) in [5.74, 6) is 2.16. The van der Waals surface area contributed by atoms with Gasteiger partial charge in [0, 0.05) is 49.4 Å². The zero-order chi connectivity index (χ0) is 20.4. The maximum absolute atomic E-state index is 12.9. The summed E-state index contributed by atoms with van der Waals surface area (Å²) < 4.78 is 1.67. The molecule has 0 radical (unpaired) electrons. The summed E-state index contributed by atoms with van der Waals surface area (Å²) >= 11 is 0. The highest BCUT2D eigenvalue weighted by Crippen LogP contribution is 2.19. The molecule has 0 bridgehead atoms. The van der Waals surface area contributed by atoms with Gasteiger partial charge in [0.25, 0.3) is 5.91 Å². The van der Waals surface area contributed by atoms with Crippen LogP contribution in [-0.4, -0.2) is 61.7 Å². The molecular weight excluding hydrogens is 366 g/mol. The number of benzene rings is 1. The number of rotatable bonds is 4. The minimum atomic E-state index is 0.0523. The van der Waals surface area contributed by atoms with Crippen LogP contribution in [0.5, 0.6) is 0 Å². The zero-order valence-corrected chi connectivity index (χ0v) is 17.0. The van der Waals surface area contributed by atoms with Crippen LogP contribution < -0.4 is 4.90 Å². The van der Waals surface area contributed by atoms with Crippen LogP contribution in [0.1, 0.15) is 41.6 Å². The number of carbonyl (C=O) groups excluding carboxylic acids is 1. The maximum atomic E-state index is 12.9. The highest BCUT2D eigenvalue weighted by Gasteiger charge is 2.23. The molecule has 0 saturated carbocycles. The van der Waals surface area contributed by atoms with Crippen molar-refractivity contribution in [2.24, 2.45) is 0 Å². The van der Waals surface area contributed by atoms with E-state index in [0.29, 0.717) is 18.7 Å². The summed E-state index contributed by atoms with van der Waals surface area (Å²) in [6.07, 6.45) is 3.12. The molecule has 3 heterocycles. The smallest absolute Gasteiger partial charge is 0.253 e. The van der Waals surface area contributed by atoms with Crippen LogP contribution in [-0.2, 0) is 0 Å². The second-order valence-electron chi connectivity index (χ2n) is 7.55. The monoisotopic (exact) mass is 391 g/mol. The Labute approximate surface area is 170 Å². The average Bonchev–Trinajstić information content (AvgIpc) is 3.28. The first-order valence-corrected chi connectivity index (χ1v) is 9.86. The molecule has 150 valence electrons. The van der Waals surface area contributed by atoms with Gasteiger partial charge >= 0.3 is 0 Å². The van der Waals surface area contributed by atoms with E-state index in [2.05, 4.69) is 33.8 Å². The van der Waals surface area contributed by atoms with Crippen LogP contribution in [0.15, 0.2) is 43.0 Å². The van der Waals surface area contributed by atoms with Gasteiger partial charge in [-0.15, -0.1) is 0 Å². The van der Waals surface area contributed by atoms with E-state index < -0.39 is 0 Å². The molecular formula is C21H25N7O. The lowest BCUT2D eigenvalue weighted by Crippen LogP contribution is -2.49. The molecule has 1 saturated heterocycles. The fraction of sp³-hybridized carbons (Fsp3) is 0.381. The number of anilines is 1. The Bertz CT molecular complexity index is 975. The van der Waals surface area contributed by atoms with Gasteiger partial charge in [-0.2, -0.15) is 5.10 Å². The predicted octanol–water partition coefficient (Wildman–Crippen LogP) is 2.45. The summed E-state index contributed by atoms with van der Waals surface area (Å²) in [6, 6.07) is 9.47. The molecule has 3 aromatic rings. The van der Waals surface area contributed by atoms with Crippen LogP contribution in [0.4, 0.5) is 5.82 Å². The molecule has 8 heteroatoms. The molecule has 0 unspecified atom stereocenters. The Morgan fingerprint density at radius 1 is 1.03 bits per heavy atom. The normalized spacial score (nSPS) is 14.5. The molecule has 0 N–H and O–H groups in total. The molecule has 0 spiro atoms. The van der Waals surface area contributed by atoms with Crippen molar-refractivity contribution in [2.45, 2.75) is 26.7 Å². The van der Waals surface area contributed by atoms with Crippen LogP contribution in [0.3, 0.4) is 0 Å². The quantitative estimate of drug-likeness (QED) is 0.680. The molecule has 1 aliphatic rings. The lowest BCUT2D eigenvalue weighted by Gasteiger charge is -2.35. The number of hydrogen-bond donors (Lipinski definition) is 0. The Morgan fingerprint density at radius 3 is 2.38 bits per heavy atom. The van der Waals surface area contributed by atoms with Crippen LogP contribution in [0.2, 0.25) is 0 Å². The molecule has 1 aromatic carbocycles. The summed E-state index contributed by atoms with van der Waals surface area (Å²) in [6.45, 7) is 9.06. The summed E-state index contributed by atoms with van der Waals surface area (Å²) in [5.41, 5.74) is 2.54. The van der Waals surface area contributed by atoms with E-state index in [1.165, 1.54) is 6.33 Å². The summed E-state index contributed by atoms with van der Waals surface area (Å²) in [4.78, 5) is 30.2. The predicted molar refractivity (Wildman–Crippen MR) is 110 cm³/mol. The van der Waals surface area contributed by atoms with Crippen molar-refractivity contribution < 1.29 is 4.79 Å². The molecule has 1 amide bonds. The van der Waals surface area contributed by atoms with Gasteiger partial charge in [-0.05, 0) is 31.2 Å². The Morgan fingerprint density at radius 2 is 1.76 bits per heavy atom. The third-order valence-corrected chi connectivity index (χ3v) is 5.06. The molecule has 0 atom stereocenters. The molecule has 29 heavy (non-hydrogen) atoms. The largest absolute Gasteiger partial charge is 0.353 e. The van der Waals surface area contributed by atoms with Gasteiger partial charge in [0.05, 0.1) is 5.69 Å². The van der Waals surface area contributed by atoms with Crippen LogP contribution >= 0.6 is 0 Å². The minimum Gasteiger partial charge on any atom is -0.353 e. The molecule has 0 aliphatic carbocycles. The van der Waals surface area contributed by atoms with Crippen molar-refractivity contribution >= 4 is 11.7 Å². The zero-order valence-electron chi connectivity index (χ0n) is 17.0. The number of carbonyl (C=O) groups is 1. The van der Waals surface area contributed by atoms with E-state index in [9.17, 15) is 4.79 Å². The summed E-state index contributed by atoms with van der Waals surface area (Å²) in [7, 11) is 0. The van der Waals surface area contributed by atoms with Crippen LogP contribution in [0.25, 0.3) is 5.69 Å². The van der Waals surface area contributed by atoms with E-state index in [4.69, 9.17) is 4.98 Å². The number of aromatic nitrogens is 5. The first-order chi connectivity index (χ1) is 14.0. The fourth-order valence-electron chi connectivity index (χ4n) is 3.41. The molecule has 1 aliphatic heterocycles. The Kier molecular flexibility index (Phi) is 5.24. The topological polar surface area (TPSA) is 80.0 Å². The van der Waals surface area contributed by atoms with Crippen molar-refractivity contribution in [1.29, 1.82) is 0 Å². The van der Waals surface area contributed by atoms with Crippen molar-refractivity contribution in [2.75, 3.05) is 31.1 Å². The van der Waals surface area contributed by atoms with E-state index in [0.717, 1.165) is 36.1 Å². The van der Waals surface area contributed by atoms with E-state index in [-0.39, 0.29) is 11.8 Å². The molecule has 2 aromatic heterocycles. The number of nitrogens with zero attached hydrogens (tertiary/aromatic N) is 7. The van der Waals surface area contributed by atoms with Gasteiger partial charge in [0.2, 0.25) is 0 Å². The lowest BCUT2D eigenvalue weighted by atomic mass is 10.1. The fourth-order valence-corrected chi connectivity index (χ4v) is 3.41. The van der Waals surface area contributed by atoms with E-state index in [1.54, 1.807) is 11.0 Å². The van der Waals surface area contributed by atoms with Crippen molar-refractivity contribution in [3.63, 3.8) is 0 Å². The van der Waals surface area contributed by atoms with E-state index >= 15 is 0 Å². The third-order valence-electron chi connectivity index (χ3n) is 5.06. The third kappa shape index (κ3) is 4.11. The molecule has 4 rings (SSSR count). The van der Waals surface area contributed by atoms with Gasteiger partial charge in [-0.3, -0.25) is 4.79 Å². The first-order valence-electron chi connectivity index (χ1n) is 9.86. The highest BCUT2D eigenvalue weighted by molar-refractivity contribution is 5.94. The Balaban J connectivity index is 1.41. The number of amides is 1. The maximum Gasteiger partial charge on any atom is 0.253 e. The number of piperazine rings is 1. The van der Waals surface area contributed by atoms with Gasteiger partial charge in [-0.1, -0.05) is 13.8 Å². The number of aryl methyl sites for hydroxylation is 1. The summed E-state index contributed by atoms with van der Waals surface area (Å²) in [5, 5.41) is 4.11. The Hall–Kier alpha value is -3.29. The second-order valence-corrected chi connectivity index (χ2v) is 7.55. The van der Waals surface area contributed by atoms with Gasteiger partial charge in [0.15, 0.2) is 0 Å². The first kappa shape index (κ1) is 19.0. The minimum absolute atomic E-state index is 0.0523. The average molecular weight is 391 g/mol. The standard InChI is InChI=1S/C21H25N7O/c1-15(2)20-24-16(3)12-19(25-20)26-8-10-27(11-9-26)21(29)17-4-6-18(7-5-17)28-14-22-13-23-28/h4-7,12-15H,8-11H2,1-3H3. The van der Waals surface area contributed by atoms with E-state index in [1.807, 2.05) is 42.2 Å². The van der Waals surface area contributed by atoms with Gasteiger partial charge in [0.1, 0.15) is 24.3 Å². The molecule has 8 nitrogen and oxygen atoms in total. The highest BCUT2D eigenvalue weighted by atomic mass is 16.2. The van der Waals surface area contributed by atoms with Gasteiger partial charge < -0.3 is 9.80 Å². The van der Waals surface area contributed by atoms with Crippen molar-refractivity contribution in [3.8, 4) is 5.69 Å². The van der Waals surface area contributed by atoms with Gasteiger partial charge in [-0.25, -0.2) is 19.6 Å². The van der Waals surface area contributed by atoms with Crippen LogP contribution in [0, 0.1) is 6.92 Å². The lowest BCUT2D eigenvalue weighted by molar-refractivity contribution is 0.0746. The SMILES string of the molecule is Cc1cc(N2CCN(C(=O)c3ccc(-n4cncn4)cc3)CC2)nc(C(C)C)n1. The second kappa shape index (κ2) is 7.98. The molecule has 1 fully saturated rings. The van der Waals surface area contributed by atoms with Crippen molar-refractivity contribution in [3.05, 3.63) is 60.1 Å².